The van der Waals surface area contributed by atoms with Crippen molar-refractivity contribution in [1.29, 1.82) is 0 Å². The number of rotatable bonds is 5. The summed E-state index contributed by atoms with van der Waals surface area (Å²) in [5.41, 5.74) is 0.588. The Morgan fingerprint density at radius 1 is 1.43 bits per heavy atom. The summed E-state index contributed by atoms with van der Waals surface area (Å²) in [5, 5.41) is 8.08. The standard InChI is InChI=1S/C14H20N2O4S/c1-9-5-11(6-9)16-14(17)8-10-3-4-12(20-2)13(7-10)21(15,18)19/h3-4,7,9,11H,5-6,8H2,1-2H3,(H,16,17)(H2,15,18,19). The van der Waals surface area contributed by atoms with Crippen molar-refractivity contribution in [1.82, 2.24) is 5.32 Å². The molecule has 1 saturated carbocycles. The molecule has 6 nitrogen and oxygen atoms in total. The molecule has 7 heteroatoms. The Morgan fingerprint density at radius 2 is 2.10 bits per heavy atom. The molecule has 1 aromatic rings. The summed E-state index contributed by atoms with van der Waals surface area (Å²) in [7, 11) is -2.52. The van der Waals surface area contributed by atoms with E-state index >= 15 is 0 Å². The molecule has 1 aliphatic carbocycles. The lowest BCUT2D eigenvalue weighted by molar-refractivity contribution is -0.121. The summed E-state index contributed by atoms with van der Waals surface area (Å²) in [5.74, 6) is 0.720. The number of primary sulfonamides is 1. The number of nitrogens with two attached hydrogens (primary N) is 1. The van der Waals surface area contributed by atoms with Crippen LogP contribution in [0.3, 0.4) is 0 Å². The third kappa shape index (κ3) is 3.95. The van der Waals surface area contributed by atoms with Gasteiger partial charge in [-0.3, -0.25) is 4.79 Å². The van der Waals surface area contributed by atoms with Gasteiger partial charge in [0.05, 0.1) is 13.5 Å². The molecule has 0 spiro atoms. The molecule has 116 valence electrons. The van der Waals surface area contributed by atoms with Crippen LogP contribution in [0, 0.1) is 5.92 Å². The third-order valence-electron chi connectivity index (χ3n) is 3.64. The number of hydrogen-bond donors (Lipinski definition) is 2. The fourth-order valence-electron chi connectivity index (χ4n) is 2.54. The van der Waals surface area contributed by atoms with Crippen LogP contribution >= 0.6 is 0 Å². The normalized spacial score (nSPS) is 21.5. The summed E-state index contributed by atoms with van der Waals surface area (Å²) < 4.78 is 28.0. The molecule has 3 N–H and O–H groups in total. The quantitative estimate of drug-likeness (QED) is 0.840. The smallest absolute Gasteiger partial charge is 0.241 e. The average Bonchev–Trinajstić information content (AvgIpc) is 2.35. The van der Waals surface area contributed by atoms with E-state index in [1.165, 1.54) is 19.2 Å². The van der Waals surface area contributed by atoms with Gasteiger partial charge < -0.3 is 10.1 Å². The number of ether oxygens (including phenoxy) is 1. The van der Waals surface area contributed by atoms with E-state index < -0.39 is 10.0 Å². The van der Waals surface area contributed by atoms with Crippen LogP contribution in [0.25, 0.3) is 0 Å². The minimum absolute atomic E-state index is 0.104. The first-order valence-corrected chi connectivity index (χ1v) is 8.33. The molecule has 0 atom stereocenters. The van der Waals surface area contributed by atoms with Crippen molar-refractivity contribution in [3.63, 3.8) is 0 Å². The number of methoxy groups -OCH3 is 1. The molecule has 0 heterocycles. The van der Waals surface area contributed by atoms with E-state index in [4.69, 9.17) is 9.88 Å². The minimum atomic E-state index is -3.88. The van der Waals surface area contributed by atoms with E-state index in [2.05, 4.69) is 12.2 Å². The highest BCUT2D eigenvalue weighted by Crippen LogP contribution is 2.27. The second-order valence-electron chi connectivity index (χ2n) is 5.55. The monoisotopic (exact) mass is 312 g/mol. The highest BCUT2D eigenvalue weighted by molar-refractivity contribution is 7.89. The van der Waals surface area contributed by atoms with E-state index in [0.717, 1.165) is 12.8 Å². The SMILES string of the molecule is COc1ccc(CC(=O)NC2CC(C)C2)cc1S(N)(=O)=O. The Kier molecular flexibility index (Phi) is 4.53. The number of carbonyl (C=O) groups excluding carboxylic acids is 1. The van der Waals surface area contributed by atoms with Gasteiger partial charge in [-0.1, -0.05) is 13.0 Å². The highest BCUT2D eigenvalue weighted by Gasteiger charge is 2.26. The molecule has 21 heavy (non-hydrogen) atoms. The highest BCUT2D eigenvalue weighted by atomic mass is 32.2. The topological polar surface area (TPSA) is 98.5 Å². The number of amides is 1. The zero-order chi connectivity index (χ0) is 15.6. The lowest BCUT2D eigenvalue weighted by atomic mass is 9.82. The van der Waals surface area contributed by atoms with E-state index in [9.17, 15) is 13.2 Å². The maximum atomic E-state index is 11.9. The van der Waals surface area contributed by atoms with Gasteiger partial charge in [-0.25, -0.2) is 13.6 Å². The van der Waals surface area contributed by atoms with Crippen LogP contribution in [0.5, 0.6) is 5.75 Å². The molecule has 1 fully saturated rings. The first-order valence-electron chi connectivity index (χ1n) is 6.78. The molecular weight excluding hydrogens is 292 g/mol. The third-order valence-corrected chi connectivity index (χ3v) is 4.57. The van der Waals surface area contributed by atoms with Crippen LogP contribution < -0.4 is 15.2 Å². The Bertz CT molecular complexity index is 636. The Labute approximate surface area is 124 Å². The van der Waals surface area contributed by atoms with Crippen LogP contribution in [0.4, 0.5) is 0 Å². The van der Waals surface area contributed by atoms with Crippen molar-refractivity contribution in [2.24, 2.45) is 11.1 Å². The predicted molar refractivity (Wildman–Crippen MR) is 78.4 cm³/mol. The fraction of sp³-hybridized carbons (Fsp3) is 0.500. The summed E-state index contributed by atoms with van der Waals surface area (Å²) in [6.07, 6.45) is 2.12. The average molecular weight is 312 g/mol. The van der Waals surface area contributed by atoms with Crippen LogP contribution in [-0.4, -0.2) is 27.5 Å². The number of nitrogens with one attached hydrogen (secondary N) is 1. The van der Waals surface area contributed by atoms with Gasteiger partial charge >= 0.3 is 0 Å². The van der Waals surface area contributed by atoms with Crippen molar-refractivity contribution >= 4 is 15.9 Å². The first-order chi connectivity index (χ1) is 9.79. The minimum Gasteiger partial charge on any atom is -0.495 e. The van der Waals surface area contributed by atoms with Crippen molar-refractivity contribution in [2.45, 2.75) is 37.1 Å². The summed E-state index contributed by atoms with van der Waals surface area (Å²) in [4.78, 5) is 11.8. The number of sulfonamides is 1. The fourth-order valence-corrected chi connectivity index (χ4v) is 3.29. The molecule has 0 unspecified atom stereocenters. The summed E-state index contributed by atoms with van der Waals surface area (Å²) in [6.45, 7) is 2.14. The lowest BCUT2D eigenvalue weighted by Crippen LogP contribution is -2.44. The number of hydrogen-bond acceptors (Lipinski definition) is 4. The Balaban J connectivity index is 2.08. The van der Waals surface area contributed by atoms with Gasteiger partial charge in [-0.05, 0) is 36.5 Å². The molecule has 2 rings (SSSR count). The molecule has 1 aromatic carbocycles. The molecular formula is C14H20N2O4S. The van der Waals surface area contributed by atoms with Crippen molar-refractivity contribution in [2.75, 3.05) is 7.11 Å². The van der Waals surface area contributed by atoms with E-state index in [-0.39, 0.29) is 29.0 Å². The van der Waals surface area contributed by atoms with Gasteiger partial charge in [0, 0.05) is 6.04 Å². The van der Waals surface area contributed by atoms with E-state index in [1.54, 1.807) is 6.07 Å². The van der Waals surface area contributed by atoms with Crippen LogP contribution in [0.2, 0.25) is 0 Å². The molecule has 1 amide bonds. The van der Waals surface area contributed by atoms with Gasteiger partial charge in [0.25, 0.3) is 0 Å². The molecule has 0 radical (unpaired) electrons. The second-order valence-corrected chi connectivity index (χ2v) is 7.08. The summed E-state index contributed by atoms with van der Waals surface area (Å²) >= 11 is 0. The zero-order valence-electron chi connectivity index (χ0n) is 12.1. The largest absolute Gasteiger partial charge is 0.495 e. The molecule has 0 saturated heterocycles. The van der Waals surface area contributed by atoms with Gasteiger partial charge in [0.2, 0.25) is 15.9 Å². The van der Waals surface area contributed by atoms with Crippen molar-refractivity contribution < 1.29 is 17.9 Å². The van der Waals surface area contributed by atoms with E-state index in [1.807, 2.05) is 0 Å². The van der Waals surface area contributed by atoms with Crippen LogP contribution in [0.1, 0.15) is 25.3 Å². The summed E-state index contributed by atoms with van der Waals surface area (Å²) in [6, 6.07) is 4.80. The molecule has 0 aliphatic heterocycles. The number of benzene rings is 1. The molecule has 1 aliphatic rings. The van der Waals surface area contributed by atoms with Gasteiger partial charge in [-0.2, -0.15) is 0 Å². The first kappa shape index (κ1) is 15.8. The van der Waals surface area contributed by atoms with Crippen LogP contribution in [0.15, 0.2) is 23.1 Å². The molecule has 0 aromatic heterocycles. The van der Waals surface area contributed by atoms with Gasteiger partial charge in [0.1, 0.15) is 10.6 Å². The maximum Gasteiger partial charge on any atom is 0.241 e. The lowest BCUT2D eigenvalue weighted by Gasteiger charge is -2.33. The number of carbonyl (C=O) groups is 1. The Morgan fingerprint density at radius 3 is 2.62 bits per heavy atom. The molecule has 0 bridgehead atoms. The van der Waals surface area contributed by atoms with E-state index in [0.29, 0.717) is 11.5 Å². The van der Waals surface area contributed by atoms with Crippen LogP contribution in [-0.2, 0) is 21.2 Å². The maximum absolute atomic E-state index is 11.9. The second kappa shape index (κ2) is 6.03. The van der Waals surface area contributed by atoms with Gasteiger partial charge in [-0.15, -0.1) is 0 Å². The zero-order valence-corrected chi connectivity index (χ0v) is 12.9. The Hall–Kier alpha value is -1.60. The van der Waals surface area contributed by atoms with Gasteiger partial charge in [0.15, 0.2) is 0 Å². The van der Waals surface area contributed by atoms with Crippen molar-refractivity contribution in [3.8, 4) is 5.75 Å². The van der Waals surface area contributed by atoms with Crippen molar-refractivity contribution in [3.05, 3.63) is 23.8 Å². The predicted octanol–water partition coefficient (Wildman–Crippen LogP) is 0.800.